The third-order valence-electron chi connectivity index (χ3n) is 4.87. The van der Waals surface area contributed by atoms with Crippen molar-refractivity contribution in [3.8, 4) is 11.4 Å². The molecule has 5 nitrogen and oxygen atoms in total. The molecule has 1 N–H and O–H groups in total. The van der Waals surface area contributed by atoms with Gasteiger partial charge in [0.1, 0.15) is 11.6 Å². The van der Waals surface area contributed by atoms with Crippen LogP contribution in [0.25, 0.3) is 11.8 Å². The first-order valence-electron chi connectivity index (χ1n) is 10.7. The van der Waals surface area contributed by atoms with Crippen LogP contribution in [-0.2, 0) is 4.79 Å². The summed E-state index contributed by atoms with van der Waals surface area (Å²) in [6, 6.07) is 5.60. The number of nitrogens with zero attached hydrogens (tertiary/aromatic N) is 2. The Morgan fingerprint density at radius 3 is 2.61 bits per heavy atom. The second kappa shape index (κ2) is 12.1. The van der Waals surface area contributed by atoms with Crippen LogP contribution in [0.4, 0.5) is 13.2 Å². The molecule has 1 amide bonds. The van der Waals surface area contributed by atoms with Gasteiger partial charge in [0, 0.05) is 18.3 Å². The molecule has 2 rings (SSSR count). The highest BCUT2D eigenvalue weighted by atomic mass is 19.2. The van der Waals surface area contributed by atoms with E-state index in [-0.39, 0.29) is 12.5 Å². The van der Waals surface area contributed by atoms with E-state index in [1.807, 2.05) is 42.8 Å². The molecule has 0 aliphatic carbocycles. The molecule has 0 radical (unpaired) electrons. The van der Waals surface area contributed by atoms with E-state index in [0.29, 0.717) is 17.7 Å². The molecule has 1 unspecified atom stereocenters. The molecule has 0 aliphatic heterocycles. The first-order chi connectivity index (χ1) is 15.7. The molecule has 1 heterocycles. The number of hydrogen-bond donors (Lipinski definition) is 1. The molecule has 178 valence electrons. The second-order valence-corrected chi connectivity index (χ2v) is 7.82. The van der Waals surface area contributed by atoms with E-state index >= 15 is 0 Å². The van der Waals surface area contributed by atoms with Gasteiger partial charge in [0.2, 0.25) is 5.91 Å². The maximum absolute atomic E-state index is 13.7. The van der Waals surface area contributed by atoms with Gasteiger partial charge in [-0.2, -0.15) is 0 Å². The lowest BCUT2D eigenvalue weighted by atomic mass is 10.0. The molecule has 0 fully saturated rings. The van der Waals surface area contributed by atoms with Gasteiger partial charge in [-0.1, -0.05) is 26.3 Å². The minimum Gasteiger partial charge on any atom is -0.495 e. The Kier molecular flexibility index (Phi) is 9.51. The van der Waals surface area contributed by atoms with Crippen LogP contribution in [0.3, 0.4) is 0 Å². The monoisotopic (exact) mass is 461 g/mol. The molecule has 0 aliphatic rings. The summed E-state index contributed by atoms with van der Waals surface area (Å²) in [6.45, 7) is 6.38. The molecule has 0 bridgehead atoms. The smallest absolute Gasteiger partial charge is 0.247 e. The summed E-state index contributed by atoms with van der Waals surface area (Å²) in [5.41, 5.74) is 3.04. The Morgan fingerprint density at radius 2 is 2.03 bits per heavy atom. The Hall–Kier alpha value is -3.29. The lowest BCUT2D eigenvalue weighted by molar-refractivity contribution is -0.117. The summed E-state index contributed by atoms with van der Waals surface area (Å²) in [4.78, 5) is 17.0. The van der Waals surface area contributed by atoms with Gasteiger partial charge in [0.25, 0.3) is 0 Å². The molecule has 0 spiro atoms. The van der Waals surface area contributed by atoms with Crippen LogP contribution in [0, 0.1) is 12.8 Å². The van der Waals surface area contributed by atoms with Crippen molar-refractivity contribution in [3.05, 3.63) is 71.1 Å². The number of halogens is 3. The summed E-state index contributed by atoms with van der Waals surface area (Å²) in [6.07, 6.45) is 7.60. The van der Waals surface area contributed by atoms with Crippen molar-refractivity contribution < 1.29 is 22.7 Å². The molecule has 2 aromatic rings. The van der Waals surface area contributed by atoms with Crippen LogP contribution in [0.15, 0.2) is 59.9 Å². The quantitative estimate of drug-likeness (QED) is 0.341. The minimum atomic E-state index is -1.53. The molecule has 33 heavy (non-hydrogen) atoms. The zero-order valence-electron chi connectivity index (χ0n) is 19.6. The average molecular weight is 462 g/mol. The highest BCUT2D eigenvalue weighted by Gasteiger charge is 2.14. The maximum Gasteiger partial charge on any atom is 0.247 e. The van der Waals surface area contributed by atoms with Gasteiger partial charge in [-0.15, -0.1) is 0 Å². The fraction of sp³-hybridized carbons (Fsp3) is 0.360. The van der Waals surface area contributed by atoms with E-state index in [4.69, 9.17) is 4.74 Å². The van der Waals surface area contributed by atoms with Crippen molar-refractivity contribution >= 4 is 12.0 Å². The number of carbonyl (C=O) groups is 1. The number of hydrogen-bond acceptors (Lipinski definition) is 3. The number of imidazole rings is 1. The maximum atomic E-state index is 13.7. The van der Waals surface area contributed by atoms with Crippen molar-refractivity contribution in [1.29, 1.82) is 0 Å². The molecular weight excluding hydrogens is 431 g/mol. The largest absolute Gasteiger partial charge is 0.495 e. The van der Waals surface area contributed by atoms with Crippen LogP contribution in [0.1, 0.15) is 44.9 Å². The van der Waals surface area contributed by atoms with E-state index in [2.05, 4.69) is 10.3 Å². The summed E-state index contributed by atoms with van der Waals surface area (Å²) in [5.74, 6) is -4.23. The fourth-order valence-corrected chi connectivity index (χ4v) is 3.19. The van der Waals surface area contributed by atoms with Crippen molar-refractivity contribution in [3.63, 3.8) is 0 Å². The van der Waals surface area contributed by atoms with Crippen molar-refractivity contribution in [2.24, 2.45) is 5.92 Å². The fourth-order valence-electron chi connectivity index (χ4n) is 3.19. The number of aryl methyl sites for hydroxylation is 1. The number of allylic oxidation sites excluding steroid dienone is 3. The molecule has 1 atom stereocenters. The number of methoxy groups -OCH3 is 1. The highest BCUT2D eigenvalue weighted by molar-refractivity contribution is 5.97. The summed E-state index contributed by atoms with van der Waals surface area (Å²) < 4.78 is 47.2. The number of nitrogens with one attached hydrogen (secondary N) is 1. The predicted octanol–water partition coefficient (Wildman–Crippen LogP) is 6.15. The molecule has 8 heteroatoms. The van der Waals surface area contributed by atoms with Crippen molar-refractivity contribution in [2.45, 2.75) is 40.5 Å². The number of benzene rings is 1. The highest BCUT2D eigenvalue weighted by Crippen LogP contribution is 2.26. The molecule has 0 saturated carbocycles. The van der Waals surface area contributed by atoms with E-state index in [1.165, 1.54) is 0 Å². The summed E-state index contributed by atoms with van der Waals surface area (Å²) in [5, 5.41) is 2.74. The summed E-state index contributed by atoms with van der Waals surface area (Å²) in [7, 11) is 1.58. The minimum absolute atomic E-state index is 0.0775. The number of rotatable bonds is 10. The van der Waals surface area contributed by atoms with Crippen LogP contribution in [-0.4, -0.2) is 29.1 Å². The van der Waals surface area contributed by atoms with Crippen LogP contribution in [0.5, 0.6) is 5.75 Å². The Balaban J connectivity index is 2.18. The second-order valence-electron chi connectivity index (χ2n) is 7.82. The lowest BCUT2D eigenvalue weighted by Crippen LogP contribution is -2.29. The molecular formula is C25H30F3N3O2. The van der Waals surface area contributed by atoms with Gasteiger partial charge in [-0.05, 0) is 56.0 Å². The topological polar surface area (TPSA) is 56.2 Å². The zero-order valence-corrected chi connectivity index (χ0v) is 19.6. The Morgan fingerprint density at radius 1 is 1.30 bits per heavy atom. The van der Waals surface area contributed by atoms with Gasteiger partial charge >= 0.3 is 0 Å². The van der Waals surface area contributed by atoms with Gasteiger partial charge in [0.15, 0.2) is 11.7 Å². The van der Waals surface area contributed by atoms with Crippen molar-refractivity contribution in [1.82, 2.24) is 14.9 Å². The van der Waals surface area contributed by atoms with Gasteiger partial charge in [-0.25, -0.2) is 18.2 Å². The predicted molar refractivity (Wildman–Crippen MR) is 124 cm³/mol. The Bertz CT molecular complexity index is 1070. The summed E-state index contributed by atoms with van der Waals surface area (Å²) >= 11 is 0. The van der Waals surface area contributed by atoms with E-state index in [1.54, 1.807) is 26.4 Å². The van der Waals surface area contributed by atoms with Crippen LogP contribution in [0.2, 0.25) is 0 Å². The molecule has 1 aromatic heterocycles. The number of carbonyl (C=O) groups excluding carboxylic acids is 1. The third-order valence-corrected chi connectivity index (χ3v) is 4.87. The van der Waals surface area contributed by atoms with Gasteiger partial charge < -0.3 is 14.6 Å². The standard InChI is InChI=1S/C25H30F3N3O2/c1-6-7-20(25(32)29-13-16(2)10-21(27)24(28)18(4)26)11-19-8-9-22(23(12-19)33-5)31-14-17(3)30-15-31/h8-12,14-16H,6-7,13H2,1-5H3,(H,29,32)/b20-11+,21-10+,24-18-. The van der Waals surface area contributed by atoms with Crippen LogP contribution < -0.4 is 10.1 Å². The van der Waals surface area contributed by atoms with E-state index in [9.17, 15) is 18.0 Å². The number of amides is 1. The van der Waals surface area contributed by atoms with E-state index < -0.39 is 23.4 Å². The number of aromatic nitrogens is 2. The molecule has 1 aromatic carbocycles. The van der Waals surface area contributed by atoms with Gasteiger partial charge in [-0.3, -0.25) is 4.79 Å². The normalized spacial score (nSPS) is 14.1. The van der Waals surface area contributed by atoms with Gasteiger partial charge in [0.05, 0.1) is 24.8 Å². The lowest BCUT2D eigenvalue weighted by Gasteiger charge is -2.13. The first kappa shape index (κ1) is 26.0. The van der Waals surface area contributed by atoms with Crippen molar-refractivity contribution in [2.75, 3.05) is 13.7 Å². The SMILES string of the molecule is CCC/C(=C\c1ccc(-n2cnc(C)c2)c(OC)c1)C(=O)NCC(C)/C=C(F)\C(F)=C(/C)F. The molecule has 0 saturated heterocycles. The van der Waals surface area contributed by atoms with E-state index in [0.717, 1.165) is 36.4 Å². The first-order valence-corrected chi connectivity index (χ1v) is 10.7. The number of ether oxygens (including phenoxy) is 1. The average Bonchev–Trinajstić information content (AvgIpc) is 3.22. The zero-order chi connectivity index (χ0) is 24.5. The third kappa shape index (κ3) is 7.37. The van der Waals surface area contributed by atoms with Crippen LogP contribution >= 0.6 is 0 Å². The Labute approximate surface area is 192 Å².